The third kappa shape index (κ3) is 4.14. The van der Waals surface area contributed by atoms with Gasteiger partial charge in [-0.05, 0) is 18.2 Å². The van der Waals surface area contributed by atoms with Crippen molar-refractivity contribution in [2.45, 2.75) is 6.54 Å². The Kier molecular flexibility index (Phi) is 5.46. The number of esters is 1. The quantitative estimate of drug-likeness (QED) is 0.214. The predicted octanol–water partition coefficient (Wildman–Crippen LogP) is 3.70. The van der Waals surface area contributed by atoms with Crippen LogP contribution >= 0.6 is 11.3 Å². The fourth-order valence-corrected chi connectivity index (χ4v) is 4.12. The Morgan fingerprint density at radius 2 is 2.06 bits per heavy atom. The lowest BCUT2D eigenvalue weighted by Crippen LogP contribution is -2.16. The highest BCUT2D eigenvalue weighted by Crippen LogP contribution is 2.29. The molecule has 10 heteroatoms. The van der Waals surface area contributed by atoms with Crippen molar-refractivity contribution < 1.29 is 19.2 Å². The fourth-order valence-electron chi connectivity index (χ4n) is 3.18. The van der Waals surface area contributed by atoms with E-state index in [1.165, 1.54) is 36.8 Å². The third-order valence-corrected chi connectivity index (χ3v) is 5.77. The molecule has 2 aromatic carbocycles. The van der Waals surface area contributed by atoms with Crippen LogP contribution in [0.5, 0.6) is 0 Å². The van der Waals surface area contributed by atoms with Crippen molar-refractivity contribution in [1.29, 1.82) is 0 Å². The number of nitro groups is 1. The van der Waals surface area contributed by atoms with E-state index >= 15 is 0 Å². The molecule has 0 unspecified atom stereocenters. The second kappa shape index (κ2) is 8.36. The van der Waals surface area contributed by atoms with Gasteiger partial charge in [-0.3, -0.25) is 19.7 Å². The maximum absolute atomic E-state index is 12.5. The van der Waals surface area contributed by atoms with Crippen molar-refractivity contribution in [3.8, 4) is 0 Å². The van der Waals surface area contributed by atoms with Crippen LogP contribution in [0.4, 0.5) is 5.69 Å². The first-order chi connectivity index (χ1) is 15.0. The zero-order valence-corrected chi connectivity index (χ0v) is 17.1. The predicted molar refractivity (Wildman–Crippen MR) is 117 cm³/mol. The minimum Gasteiger partial charge on any atom is -0.468 e. The number of non-ortho nitro benzene ring substituents is 1. The van der Waals surface area contributed by atoms with Gasteiger partial charge in [0.25, 0.3) is 11.6 Å². The Labute approximate surface area is 179 Å². The summed E-state index contributed by atoms with van der Waals surface area (Å²) in [5.41, 5.74) is 4.02. The van der Waals surface area contributed by atoms with Gasteiger partial charge < -0.3 is 9.30 Å². The summed E-state index contributed by atoms with van der Waals surface area (Å²) < 4.78 is 7.25. The molecule has 1 amide bonds. The van der Waals surface area contributed by atoms with Crippen molar-refractivity contribution in [2.24, 2.45) is 5.10 Å². The summed E-state index contributed by atoms with van der Waals surface area (Å²) in [4.78, 5) is 34.9. The Bertz CT molecular complexity index is 1350. The number of nitro benzene ring substituents is 1. The second-order valence-corrected chi connectivity index (χ2v) is 7.68. The number of fused-ring (bicyclic) bond motifs is 2. The molecule has 2 heterocycles. The van der Waals surface area contributed by atoms with Crippen molar-refractivity contribution in [3.63, 3.8) is 0 Å². The maximum Gasteiger partial charge on any atom is 0.325 e. The molecule has 0 atom stereocenters. The lowest BCUT2D eigenvalue weighted by Gasteiger charge is -2.02. The molecule has 4 rings (SSSR count). The molecule has 2 aromatic heterocycles. The molecule has 31 heavy (non-hydrogen) atoms. The number of para-hydroxylation sites is 1. The normalized spacial score (nSPS) is 11.3. The topological polar surface area (TPSA) is 116 Å². The van der Waals surface area contributed by atoms with Crippen LogP contribution in [0.3, 0.4) is 0 Å². The number of carbonyl (C=O) groups is 2. The molecule has 9 nitrogen and oxygen atoms in total. The zero-order valence-electron chi connectivity index (χ0n) is 16.3. The summed E-state index contributed by atoms with van der Waals surface area (Å²) in [6.45, 7) is 0.0606. The van der Waals surface area contributed by atoms with Gasteiger partial charge in [0, 0.05) is 44.9 Å². The van der Waals surface area contributed by atoms with E-state index in [0.29, 0.717) is 10.3 Å². The highest BCUT2D eigenvalue weighted by Gasteiger charge is 2.13. The molecule has 156 valence electrons. The number of hydrogen-bond donors (Lipinski definition) is 1. The van der Waals surface area contributed by atoms with Crippen LogP contribution in [0.2, 0.25) is 0 Å². The smallest absolute Gasteiger partial charge is 0.325 e. The number of nitrogens with zero attached hydrogens (tertiary/aromatic N) is 3. The average Bonchev–Trinajstić information content (AvgIpc) is 3.35. The van der Waals surface area contributed by atoms with Crippen molar-refractivity contribution >= 4 is 56.1 Å². The molecular weight excluding hydrogens is 420 g/mol. The van der Waals surface area contributed by atoms with Crippen LogP contribution < -0.4 is 5.43 Å². The Morgan fingerprint density at radius 3 is 2.84 bits per heavy atom. The fraction of sp³-hybridized carbons (Fsp3) is 0.0952. The van der Waals surface area contributed by atoms with E-state index in [4.69, 9.17) is 4.74 Å². The molecule has 0 fully saturated rings. The van der Waals surface area contributed by atoms with Gasteiger partial charge in [0.1, 0.15) is 6.54 Å². The summed E-state index contributed by atoms with van der Waals surface area (Å²) in [6, 6.07) is 13.6. The number of thiophene rings is 1. The van der Waals surface area contributed by atoms with E-state index < -0.39 is 10.8 Å². The number of hydrogen-bond acceptors (Lipinski definition) is 7. The number of ether oxygens (including phenoxy) is 1. The highest BCUT2D eigenvalue weighted by molar-refractivity contribution is 7.20. The van der Waals surface area contributed by atoms with Crippen LogP contribution in [0, 0.1) is 10.1 Å². The number of amides is 1. The monoisotopic (exact) mass is 436 g/mol. The van der Waals surface area contributed by atoms with Gasteiger partial charge in [0.05, 0.1) is 23.1 Å². The molecule has 0 radical (unpaired) electrons. The minimum absolute atomic E-state index is 0.0291. The first-order valence-electron chi connectivity index (χ1n) is 9.12. The van der Waals surface area contributed by atoms with E-state index in [1.54, 1.807) is 22.9 Å². The van der Waals surface area contributed by atoms with E-state index in [9.17, 15) is 19.7 Å². The number of nitrogens with one attached hydrogen (secondary N) is 1. The number of carbonyl (C=O) groups excluding carboxylic acids is 2. The second-order valence-electron chi connectivity index (χ2n) is 6.59. The van der Waals surface area contributed by atoms with E-state index in [2.05, 4.69) is 10.5 Å². The summed E-state index contributed by atoms with van der Waals surface area (Å²) in [5.74, 6) is -0.791. The number of methoxy groups -OCH3 is 1. The molecule has 4 aromatic rings. The first kappa shape index (κ1) is 20.2. The molecule has 0 aliphatic heterocycles. The molecule has 0 aliphatic rings. The summed E-state index contributed by atoms with van der Waals surface area (Å²) in [7, 11) is 1.33. The summed E-state index contributed by atoms with van der Waals surface area (Å²) in [5, 5.41) is 16.5. The van der Waals surface area contributed by atoms with Gasteiger partial charge in [-0.25, -0.2) is 5.43 Å². The van der Waals surface area contributed by atoms with Crippen molar-refractivity contribution in [2.75, 3.05) is 7.11 Å². The first-order valence-corrected chi connectivity index (χ1v) is 9.94. The lowest BCUT2D eigenvalue weighted by atomic mass is 10.2. The van der Waals surface area contributed by atoms with Crippen molar-refractivity contribution in [1.82, 2.24) is 9.99 Å². The minimum atomic E-state index is -0.474. The van der Waals surface area contributed by atoms with Crippen molar-refractivity contribution in [3.05, 3.63) is 75.3 Å². The standard InChI is InChI=1S/C21H16N4O5S/c1-30-20(26)12-24-11-14(16-4-2-3-5-17(16)24)10-22-23-21(27)19-9-13-8-15(25(28)29)6-7-18(13)31-19/h2-11H,12H2,1H3,(H,23,27)/b22-10-. The lowest BCUT2D eigenvalue weighted by molar-refractivity contribution is -0.384. The molecule has 0 spiro atoms. The van der Waals surface area contributed by atoms with Crippen LogP contribution in [-0.2, 0) is 16.1 Å². The van der Waals surface area contributed by atoms with E-state index in [1.807, 2.05) is 24.3 Å². The molecule has 0 aliphatic carbocycles. The van der Waals surface area contributed by atoms with E-state index in [-0.39, 0.29) is 18.2 Å². The van der Waals surface area contributed by atoms with Gasteiger partial charge in [-0.2, -0.15) is 5.10 Å². The summed E-state index contributed by atoms with van der Waals surface area (Å²) in [6.07, 6.45) is 3.27. The largest absolute Gasteiger partial charge is 0.468 e. The Hall–Kier alpha value is -4.05. The molecule has 0 bridgehead atoms. The number of benzene rings is 2. The maximum atomic E-state index is 12.5. The third-order valence-electron chi connectivity index (χ3n) is 4.65. The average molecular weight is 436 g/mol. The van der Waals surface area contributed by atoms with E-state index in [0.717, 1.165) is 21.2 Å². The Morgan fingerprint density at radius 1 is 1.26 bits per heavy atom. The van der Waals surface area contributed by atoms with Gasteiger partial charge in [-0.1, -0.05) is 18.2 Å². The Balaban J connectivity index is 1.54. The molecular formula is C21H16N4O5S. The van der Waals surface area contributed by atoms with Crippen LogP contribution in [0.25, 0.3) is 21.0 Å². The SMILES string of the molecule is COC(=O)Cn1cc(/C=N\NC(=O)c2cc3cc([N+](=O)[O-])ccc3s2)c2ccccc21. The van der Waals surface area contributed by atoms with Crippen LogP contribution in [0.15, 0.2) is 59.8 Å². The van der Waals surface area contributed by atoms with Gasteiger partial charge in [-0.15, -0.1) is 11.3 Å². The van der Waals surface area contributed by atoms with Gasteiger partial charge in [0.15, 0.2) is 0 Å². The van der Waals surface area contributed by atoms with Gasteiger partial charge >= 0.3 is 5.97 Å². The summed E-state index contributed by atoms with van der Waals surface area (Å²) >= 11 is 1.22. The zero-order chi connectivity index (χ0) is 22.0. The van der Waals surface area contributed by atoms with Crippen LogP contribution in [0.1, 0.15) is 15.2 Å². The highest BCUT2D eigenvalue weighted by atomic mass is 32.1. The number of rotatable bonds is 6. The molecule has 0 saturated heterocycles. The number of aromatic nitrogens is 1. The van der Waals surface area contributed by atoms with Gasteiger partial charge in [0.2, 0.25) is 0 Å². The van der Waals surface area contributed by atoms with Crippen LogP contribution in [-0.4, -0.2) is 34.7 Å². The number of hydrazone groups is 1. The molecule has 0 saturated carbocycles. The molecule has 1 N–H and O–H groups in total.